The molecule has 0 saturated carbocycles. The number of nitrogens with zero attached hydrogens (tertiary/aromatic N) is 4. The normalized spacial score (nSPS) is 13.5. The van der Waals surface area contributed by atoms with Gasteiger partial charge in [-0.25, -0.2) is 0 Å². The van der Waals surface area contributed by atoms with Crippen molar-refractivity contribution in [2.75, 3.05) is 4.90 Å². The van der Waals surface area contributed by atoms with E-state index in [1.807, 2.05) is 47.7 Å². The molecule has 216 valence electrons. The van der Waals surface area contributed by atoms with Gasteiger partial charge in [0.05, 0.1) is 45.7 Å². The molecule has 46 heavy (non-hydrogen) atoms. The SMILES string of the molecule is CC1(C)c2ccccc2N(c2ccc3c(c2)sc2cc(-n4c5ccc(C#N)cc5c5cc(C#N)ccc54)ccc23)c2ccccc21. The highest BCUT2D eigenvalue weighted by Gasteiger charge is 2.36. The van der Waals surface area contributed by atoms with Crippen LogP contribution in [0.4, 0.5) is 17.1 Å². The maximum absolute atomic E-state index is 9.59. The lowest BCUT2D eigenvalue weighted by atomic mass is 9.73. The molecule has 4 nitrogen and oxygen atoms in total. The van der Waals surface area contributed by atoms with Gasteiger partial charge >= 0.3 is 0 Å². The summed E-state index contributed by atoms with van der Waals surface area (Å²) < 4.78 is 4.69. The lowest BCUT2D eigenvalue weighted by molar-refractivity contribution is 0.632. The van der Waals surface area contributed by atoms with Crippen molar-refractivity contribution in [3.05, 3.63) is 144 Å². The first-order valence-corrected chi connectivity index (χ1v) is 16.1. The maximum Gasteiger partial charge on any atom is 0.0991 e. The summed E-state index contributed by atoms with van der Waals surface area (Å²) in [6.07, 6.45) is 0. The molecule has 0 bridgehead atoms. The van der Waals surface area contributed by atoms with Crippen LogP contribution in [0.5, 0.6) is 0 Å². The summed E-state index contributed by atoms with van der Waals surface area (Å²) in [5, 5.41) is 23.6. The second kappa shape index (κ2) is 9.56. The van der Waals surface area contributed by atoms with Gasteiger partial charge in [0.2, 0.25) is 0 Å². The van der Waals surface area contributed by atoms with Gasteiger partial charge in [0, 0.05) is 47.7 Å². The van der Waals surface area contributed by atoms with Crippen molar-refractivity contribution >= 4 is 70.4 Å². The average molecular weight is 607 g/mol. The molecule has 2 aromatic heterocycles. The largest absolute Gasteiger partial charge is 0.310 e. The third-order valence-corrected chi connectivity index (χ3v) is 10.7. The lowest BCUT2D eigenvalue weighted by Gasteiger charge is -2.42. The van der Waals surface area contributed by atoms with E-state index in [9.17, 15) is 10.5 Å². The van der Waals surface area contributed by atoms with Crippen molar-refractivity contribution in [2.45, 2.75) is 19.3 Å². The molecule has 0 aliphatic carbocycles. The Morgan fingerprint density at radius 1 is 0.543 bits per heavy atom. The van der Waals surface area contributed by atoms with Crippen LogP contribution in [0, 0.1) is 22.7 Å². The van der Waals surface area contributed by atoms with E-state index >= 15 is 0 Å². The van der Waals surface area contributed by atoms with E-state index in [0.717, 1.165) is 33.2 Å². The fraction of sp³-hybridized carbons (Fsp3) is 0.0732. The third-order valence-electron chi connectivity index (χ3n) is 9.62. The Balaban J connectivity index is 1.22. The molecule has 0 radical (unpaired) electrons. The fourth-order valence-corrected chi connectivity index (χ4v) is 8.59. The van der Waals surface area contributed by atoms with Crippen LogP contribution in [0.1, 0.15) is 36.1 Å². The Hall–Kier alpha value is -5.88. The van der Waals surface area contributed by atoms with Crippen LogP contribution in [-0.4, -0.2) is 4.57 Å². The Kier molecular flexibility index (Phi) is 5.51. The number of rotatable bonds is 2. The molecule has 6 aromatic carbocycles. The van der Waals surface area contributed by atoms with Gasteiger partial charge in [-0.05, 0) is 83.9 Å². The topological polar surface area (TPSA) is 55.8 Å². The minimum atomic E-state index is -0.0963. The van der Waals surface area contributed by atoms with Crippen LogP contribution >= 0.6 is 11.3 Å². The Labute approximate surface area is 270 Å². The molecule has 3 heterocycles. The Morgan fingerprint density at radius 3 is 1.59 bits per heavy atom. The number of hydrogen-bond donors (Lipinski definition) is 0. The zero-order chi connectivity index (χ0) is 31.2. The molecule has 0 atom stereocenters. The fourth-order valence-electron chi connectivity index (χ4n) is 7.42. The van der Waals surface area contributed by atoms with Gasteiger partial charge in [-0.1, -0.05) is 62.4 Å². The maximum atomic E-state index is 9.59. The Bertz CT molecular complexity index is 2540. The first-order valence-electron chi connectivity index (χ1n) is 15.3. The van der Waals surface area contributed by atoms with Crippen molar-refractivity contribution in [3.63, 3.8) is 0 Å². The van der Waals surface area contributed by atoms with E-state index in [1.54, 1.807) is 0 Å². The zero-order valence-corrected chi connectivity index (χ0v) is 26.1. The monoisotopic (exact) mass is 606 g/mol. The van der Waals surface area contributed by atoms with Gasteiger partial charge in [0.15, 0.2) is 0 Å². The van der Waals surface area contributed by atoms with Gasteiger partial charge in [-0.15, -0.1) is 11.3 Å². The van der Waals surface area contributed by atoms with Crippen LogP contribution in [0.3, 0.4) is 0 Å². The molecule has 0 N–H and O–H groups in total. The van der Waals surface area contributed by atoms with Gasteiger partial charge in [0.25, 0.3) is 0 Å². The highest BCUT2D eigenvalue weighted by atomic mass is 32.1. The predicted octanol–water partition coefficient (Wildman–Crippen LogP) is 11.0. The van der Waals surface area contributed by atoms with Crippen LogP contribution in [0.2, 0.25) is 0 Å². The lowest BCUT2D eigenvalue weighted by Crippen LogP contribution is -2.30. The highest BCUT2D eigenvalue weighted by molar-refractivity contribution is 7.25. The molecule has 5 heteroatoms. The smallest absolute Gasteiger partial charge is 0.0991 e. The number of thiophene rings is 1. The molecular weight excluding hydrogens is 581 g/mol. The molecular formula is C41H26N4S. The zero-order valence-electron chi connectivity index (χ0n) is 25.2. The Morgan fingerprint density at radius 2 is 1.04 bits per heavy atom. The standard InChI is InChI=1S/C41H26N4S/c1-41(2)33-7-3-5-9-37(33)45(38-10-6-4-8-34(38)41)28-14-16-30-29-15-13-27(21-39(29)46-40(30)22-28)44-35-17-11-25(23-42)19-31(35)32-20-26(24-43)12-18-36(32)44/h3-22H,1-2H3. The quantitative estimate of drug-likeness (QED) is 0.197. The van der Waals surface area contributed by atoms with E-state index in [1.165, 1.54) is 42.7 Å². The molecule has 0 unspecified atom stereocenters. The summed E-state index contributed by atoms with van der Waals surface area (Å²) in [5.74, 6) is 0. The van der Waals surface area contributed by atoms with Crippen molar-refractivity contribution in [3.8, 4) is 17.8 Å². The summed E-state index contributed by atoms with van der Waals surface area (Å²) in [7, 11) is 0. The summed E-state index contributed by atoms with van der Waals surface area (Å²) in [5.41, 5.74) is 10.4. The molecule has 9 rings (SSSR count). The summed E-state index contributed by atoms with van der Waals surface area (Å²) in [6.45, 7) is 4.63. The second-order valence-electron chi connectivity index (χ2n) is 12.5. The molecule has 0 amide bonds. The highest BCUT2D eigenvalue weighted by Crippen LogP contribution is 2.52. The van der Waals surface area contributed by atoms with Gasteiger partial charge in [0.1, 0.15) is 0 Å². The van der Waals surface area contributed by atoms with E-state index in [4.69, 9.17) is 0 Å². The van der Waals surface area contributed by atoms with Crippen LogP contribution < -0.4 is 4.90 Å². The number of anilines is 3. The minimum Gasteiger partial charge on any atom is -0.310 e. The van der Waals surface area contributed by atoms with E-state index in [-0.39, 0.29) is 5.41 Å². The van der Waals surface area contributed by atoms with Crippen LogP contribution in [0.25, 0.3) is 47.7 Å². The summed E-state index contributed by atoms with van der Waals surface area (Å²) >= 11 is 1.81. The van der Waals surface area contributed by atoms with Gasteiger partial charge < -0.3 is 9.47 Å². The molecule has 0 spiro atoms. The molecule has 0 fully saturated rings. The van der Waals surface area contributed by atoms with E-state index in [2.05, 4.69) is 120 Å². The number of hydrogen-bond acceptors (Lipinski definition) is 4. The molecule has 8 aromatic rings. The molecule has 0 saturated heterocycles. The van der Waals surface area contributed by atoms with Crippen molar-refractivity contribution < 1.29 is 0 Å². The first-order chi connectivity index (χ1) is 22.5. The van der Waals surface area contributed by atoms with Crippen LogP contribution in [-0.2, 0) is 5.41 Å². The van der Waals surface area contributed by atoms with Crippen LogP contribution in [0.15, 0.2) is 121 Å². The average Bonchev–Trinajstić information content (AvgIpc) is 3.62. The van der Waals surface area contributed by atoms with E-state index < -0.39 is 0 Å². The summed E-state index contributed by atoms with van der Waals surface area (Å²) in [6, 6.07) is 47.2. The number of para-hydroxylation sites is 2. The number of benzene rings is 6. The van der Waals surface area contributed by atoms with Crippen molar-refractivity contribution in [2.24, 2.45) is 0 Å². The van der Waals surface area contributed by atoms with Crippen molar-refractivity contribution in [1.82, 2.24) is 4.57 Å². The molecule has 1 aliphatic rings. The number of nitriles is 2. The second-order valence-corrected chi connectivity index (χ2v) is 13.6. The van der Waals surface area contributed by atoms with Gasteiger partial charge in [-0.3, -0.25) is 0 Å². The van der Waals surface area contributed by atoms with E-state index in [0.29, 0.717) is 11.1 Å². The first kappa shape index (κ1) is 26.5. The minimum absolute atomic E-state index is 0.0963. The van der Waals surface area contributed by atoms with Gasteiger partial charge in [-0.2, -0.15) is 10.5 Å². The predicted molar refractivity (Wildman–Crippen MR) is 190 cm³/mol. The number of aromatic nitrogens is 1. The molecule has 1 aliphatic heterocycles. The summed E-state index contributed by atoms with van der Waals surface area (Å²) in [4.78, 5) is 2.41. The van der Waals surface area contributed by atoms with Crippen molar-refractivity contribution in [1.29, 1.82) is 10.5 Å². The third kappa shape index (κ3) is 3.64. The number of fused-ring (bicyclic) bond motifs is 8.